The molecule has 21 heavy (non-hydrogen) atoms. The number of amides is 1. The number of hydrogen-bond acceptors (Lipinski definition) is 2. The highest BCUT2D eigenvalue weighted by atomic mass is 32.2. The van der Waals surface area contributed by atoms with Gasteiger partial charge in [-0.25, -0.2) is 4.39 Å². The van der Waals surface area contributed by atoms with Crippen molar-refractivity contribution in [1.29, 1.82) is 0 Å². The maximum Gasteiger partial charge on any atom is 0.226 e. The van der Waals surface area contributed by atoms with Crippen molar-refractivity contribution in [2.45, 2.75) is 44.9 Å². The minimum atomic E-state index is -0.231. The lowest BCUT2D eigenvalue weighted by atomic mass is 9.97. The number of carbonyl (C=O) groups is 1. The molecule has 1 heterocycles. The number of unbranched alkanes of at least 4 members (excludes halogenated alkanes) is 1. The third kappa shape index (κ3) is 4.00. The summed E-state index contributed by atoms with van der Waals surface area (Å²) in [6.45, 7) is 5.00. The number of nitrogens with zero attached hydrogens (tertiary/aromatic N) is 1. The van der Waals surface area contributed by atoms with Crippen LogP contribution in [-0.4, -0.2) is 23.1 Å². The summed E-state index contributed by atoms with van der Waals surface area (Å²) in [7, 11) is 0. The highest BCUT2D eigenvalue weighted by molar-refractivity contribution is 7.99. The lowest BCUT2D eigenvalue weighted by Gasteiger charge is -2.28. The van der Waals surface area contributed by atoms with Crippen molar-refractivity contribution >= 4 is 17.7 Å². The molecule has 0 saturated carbocycles. The number of benzene rings is 1. The van der Waals surface area contributed by atoms with Gasteiger partial charge in [-0.15, -0.1) is 11.8 Å². The van der Waals surface area contributed by atoms with Crippen LogP contribution in [0.4, 0.5) is 4.39 Å². The number of halogens is 1. The first-order chi connectivity index (χ1) is 10.2. The summed E-state index contributed by atoms with van der Waals surface area (Å²) in [6, 6.07) is 6.64. The molecule has 1 aliphatic rings. The summed E-state index contributed by atoms with van der Waals surface area (Å²) < 4.78 is 13.4. The van der Waals surface area contributed by atoms with Crippen LogP contribution in [0.3, 0.4) is 0 Å². The summed E-state index contributed by atoms with van der Waals surface area (Å²) in [5.74, 6) is 1.05. The fraction of sp³-hybridized carbons (Fsp3) is 0.588. The fourth-order valence-corrected chi connectivity index (χ4v) is 4.07. The Morgan fingerprint density at radius 1 is 1.48 bits per heavy atom. The van der Waals surface area contributed by atoms with Crippen LogP contribution in [0, 0.1) is 11.7 Å². The highest BCUT2D eigenvalue weighted by Crippen LogP contribution is 2.39. The van der Waals surface area contributed by atoms with E-state index in [1.807, 2.05) is 11.0 Å². The van der Waals surface area contributed by atoms with Gasteiger partial charge in [-0.1, -0.05) is 38.8 Å². The Morgan fingerprint density at radius 3 is 2.95 bits per heavy atom. The summed E-state index contributed by atoms with van der Waals surface area (Å²) >= 11 is 1.73. The minimum Gasteiger partial charge on any atom is -0.325 e. The van der Waals surface area contributed by atoms with E-state index < -0.39 is 0 Å². The molecular formula is C17H24FNOS. The van der Waals surface area contributed by atoms with Crippen molar-refractivity contribution in [3.8, 4) is 0 Å². The number of hydrogen-bond donors (Lipinski definition) is 0. The molecule has 1 aromatic rings. The van der Waals surface area contributed by atoms with E-state index in [9.17, 15) is 9.18 Å². The normalized spacial score (nSPS) is 19.8. The zero-order chi connectivity index (χ0) is 15.2. The number of rotatable bonds is 6. The van der Waals surface area contributed by atoms with E-state index in [-0.39, 0.29) is 23.0 Å². The maximum absolute atomic E-state index is 13.4. The number of thioether (sulfide) groups is 1. The van der Waals surface area contributed by atoms with Crippen LogP contribution in [0.15, 0.2) is 24.3 Å². The van der Waals surface area contributed by atoms with Crippen molar-refractivity contribution in [3.63, 3.8) is 0 Å². The molecule has 0 radical (unpaired) electrons. The fourth-order valence-electron chi connectivity index (χ4n) is 2.82. The number of carbonyl (C=O) groups excluding carboxylic acids is 1. The van der Waals surface area contributed by atoms with Crippen LogP contribution in [0.25, 0.3) is 0 Å². The molecule has 4 heteroatoms. The second-order valence-corrected chi connectivity index (χ2v) is 6.75. The van der Waals surface area contributed by atoms with Crippen LogP contribution >= 0.6 is 11.8 Å². The van der Waals surface area contributed by atoms with Crippen LogP contribution in [0.1, 0.15) is 50.5 Å². The third-order valence-corrected chi connectivity index (χ3v) is 5.32. The molecule has 1 aliphatic heterocycles. The molecule has 2 unspecified atom stereocenters. The van der Waals surface area contributed by atoms with E-state index in [1.54, 1.807) is 23.9 Å². The van der Waals surface area contributed by atoms with Gasteiger partial charge in [-0.05, 0) is 30.5 Å². The quantitative estimate of drug-likeness (QED) is 0.764. The lowest BCUT2D eigenvalue weighted by molar-refractivity contribution is -0.136. The van der Waals surface area contributed by atoms with Gasteiger partial charge < -0.3 is 4.90 Å². The Bertz CT molecular complexity index is 480. The van der Waals surface area contributed by atoms with E-state index in [1.165, 1.54) is 6.07 Å². The lowest BCUT2D eigenvalue weighted by Crippen LogP contribution is -2.35. The molecule has 1 saturated heterocycles. The molecule has 0 aromatic heterocycles. The van der Waals surface area contributed by atoms with E-state index >= 15 is 0 Å². The standard InChI is InChI=1S/C17H24FNOS/c1-3-5-7-13(4-2)16(20)19-10-11-21-17(19)14-8-6-9-15(18)12-14/h6,8-9,12-13,17H,3-5,7,10-11H2,1-2H3. The molecule has 1 amide bonds. The van der Waals surface area contributed by atoms with Gasteiger partial charge >= 0.3 is 0 Å². The van der Waals surface area contributed by atoms with Gasteiger partial charge in [0.05, 0.1) is 0 Å². The van der Waals surface area contributed by atoms with Crippen LogP contribution in [0.5, 0.6) is 0 Å². The summed E-state index contributed by atoms with van der Waals surface area (Å²) in [5.41, 5.74) is 0.899. The summed E-state index contributed by atoms with van der Waals surface area (Å²) in [6.07, 6.45) is 4.06. The van der Waals surface area contributed by atoms with E-state index in [0.29, 0.717) is 0 Å². The van der Waals surface area contributed by atoms with Crippen molar-refractivity contribution in [3.05, 3.63) is 35.6 Å². The molecule has 2 rings (SSSR count). The molecule has 116 valence electrons. The van der Waals surface area contributed by atoms with Crippen LogP contribution in [0.2, 0.25) is 0 Å². The monoisotopic (exact) mass is 309 g/mol. The zero-order valence-electron chi connectivity index (χ0n) is 12.8. The predicted octanol–water partition coefficient (Wildman–Crippen LogP) is 4.62. The van der Waals surface area contributed by atoms with Gasteiger partial charge in [0.25, 0.3) is 0 Å². The first-order valence-electron chi connectivity index (χ1n) is 7.84. The molecule has 0 spiro atoms. The van der Waals surface area contributed by atoms with Crippen molar-refractivity contribution in [2.75, 3.05) is 12.3 Å². The first kappa shape index (κ1) is 16.3. The van der Waals surface area contributed by atoms with E-state index in [4.69, 9.17) is 0 Å². The second kappa shape index (κ2) is 7.83. The molecule has 0 aliphatic carbocycles. The van der Waals surface area contributed by atoms with Gasteiger partial charge in [-0.3, -0.25) is 4.79 Å². The van der Waals surface area contributed by atoms with E-state index in [2.05, 4.69) is 13.8 Å². The largest absolute Gasteiger partial charge is 0.325 e. The maximum atomic E-state index is 13.4. The van der Waals surface area contributed by atoms with Gasteiger partial charge in [0.1, 0.15) is 11.2 Å². The molecule has 2 atom stereocenters. The first-order valence-corrected chi connectivity index (χ1v) is 8.89. The topological polar surface area (TPSA) is 20.3 Å². The predicted molar refractivity (Wildman–Crippen MR) is 86.6 cm³/mol. The second-order valence-electron chi connectivity index (χ2n) is 5.56. The Balaban J connectivity index is 2.12. The van der Waals surface area contributed by atoms with Gasteiger partial charge in [0.2, 0.25) is 5.91 Å². The Kier molecular flexibility index (Phi) is 6.09. The Labute approximate surface area is 131 Å². The average Bonchev–Trinajstić information content (AvgIpc) is 2.97. The van der Waals surface area contributed by atoms with E-state index in [0.717, 1.165) is 43.5 Å². The van der Waals surface area contributed by atoms with Crippen LogP contribution < -0.4 is 0 Å². The Morgan fingerprint density at radius 2 is 2.29 bits per heavy atom. The average molecular weight is 309 g/mol. The van der Waals surface area contributed by atoms with Crippen molar-refractivity contribution in [2.24, 2.45) is 5.92 Å². The molecule has 1 fully saturated rings. The zero-order valence-corrected chi connectivity index (χ0v) is 13.7. The molecule has 2 nitrogen and oxygen atoms in total. The van der Waals surface area contributed by atoms with Crippen molar-refractivity contribution in [1.82, 2.24) is 4.90 Å². The highest BCUT2D eigenvalue weighted by Gasteiger charge is 2.33. The summed E-state index contributed by atoms with van der Waals surface area (Å²) in [4.78, 5) is 14.7. The minimum absolute atomic E-state index is 0.0242. The summed E-state index contributed by atoms with van der Waals surface area (Å²) in [5, 5.41) is -0.0242. The SMILES string of the molecule is CCCCC(CC)C(=O)N1CCSC1c1cccc(F)c1. The third-order valence-electron chi connectivity index (χ3n) is 4.06. The van der Waals surface area contributed by atoms with Crippen LogP contribution in [-0.2, 0) is 4.79 Å². The molecule has 0 N–H and O–H groups in total. The van der Waals surface area contributed by atoms with Crippen molar-refractivity contribution < 1.29 is 9.18 Å². The van der Waals surface area contributed by atoms with Gasteiger partial charge in [-0.2, -0.15) is 0 Å². The van der Waals surface area contributed by atoms with Gasteiger partial charge in [0.15, 0.2) is 0 Å². The smallest absolute Gasteiger partial charge is 0.226 e. The molecule has 1 aromatic carbocycles. The van der Waals surface area contributed by atoms with Gasteiger partial charge in [0, 0.05) is 18.2 Å². The molecule has 0 bridgehead atoms. The molecular weight excluding hydrogens is 285 g/mol. The Hall–Kier alpha value is -1.03.